The first-order chi connectivity index (χ1) is 12.0. The zero-order valence-electron chi connectivity index (χ0n) is 13.8. The van der Waals surface area contributed by atoms with Gasteiger partial charge in [-0.15, -0.1) is 0 Å². The number of hydrogen-bond donors (Lipinski definition) is 1. The van der Waals surface area contributed by atoms with E-state index in [4.69, 9.17) is 4.74 Å². The van der Waals surface area contributed by atoms with Gasteiger partial charge in [0, 0.05) is 12.6 Å². The summed E-state index contributed by atoms with van der Waals surface area (Å²) in [6.45, 7) is 0.184. The molecule has 0 spiro atoms. The number of benzene rings is 2. The molecule has 132 valence electrons. The molecule has 2 aromatic carbocycles. The number of halogens is 2. The molecule has 1 aliphatic heterocycles. The lowest BCUT2D eigenvalue weighted by atomic mass is 10.0. The second kappa shape index (κ2) is 7.19. The van der Waals surface area contributed by atoms with Crippen LogP contribution in [0.1, 0.15) is 23.6 Å². The molecule has 1 heterocycles. The van der Waals surface area contributed by atoms with Crippen LogP contribution >= 0.6 is 0 Å². The summed E-state index contributed by atoms with van der Waals surface area (Å²) >= 11 is 0. The van der Waals surface area contributed by atoms with Gasteiger partial charge < -0.3 is 14.7 Å². The van der Waals surface area contributed by atoms with Crippen LogP contribution in [0.3, 0.4) is 0 Å². The van der Waals surface area contributed by atoms with Crippen LogP contribution in [0, 0.1) is 11.6 Å². The van der Waals surface area contributed by atoms with E-state index in [0.29, 0.717) is 12.2 Å². The summed E-state index contributed by atoms with van der Waals surface area (Å²) in [6.07, 6.45) is -0.414. The third-order valence-electron chi connectivity index (χ3n) is 4.43. The van der Waals surface area contributed by atoms with E-state index in [1.807, 2.05) is 18.2 Å². The molecule has 4 nitrogen and oxygen atoms in total. The lowest BCUT2D eigenvalue weighted by molar-refractivity contribution is -0.131. The average Bonchev–Trinajstić information content (AvgIpc) is 2.99. The minimum absolute atomic E-state index is 0.136. The second-order valence-electron chi connectivity index (χ2n) is 6.14. The van der Waals surface area contributed by atoms with Crippen LogP contribution in [0.5, 0.6) is 5.75 Å². The number of carbonyl (C=O) groups is 1. The largest absolute Gasteiger partial charge is 0.497 e. The number of nitrogens with zero attached hydrogens (tertiary/aromatic N) is 1. The lowest BCUT2D eigenvalue weighted by Gasteiger charge is -2.25. The van der Waals surface area contributed by atoms with E-state index in [-0.39, 0.29) is 30.5 Å². The predicted molar refractivity (Wildman–Crippen MR) is 88.1 cm³/mol. The first-order valence-corrected chi connectivity index (χ1v) is 8.03. The summed E-state index contributed by atoms with van der Waals surface area (Å²) in [7, 11) is 1.56. The third kappa shape index (κ3) is 3.79. The average molecular weight is 347 g/mol. The smallest absolute Gasteiger partial charge is 0.227 e. The Labute approximate surface area is 144 Å². The maximum atomic E-state index is 13.8. The highest BCUT2D eigenvalue weighted by atomic mass is 19.1. The molecule has 0 aromatic heterocycles. The van der Waals surface area contributed by atoms with Gasteiger partial charge in [0.15, 0.2) is 0 Å². The molecular formula is C19H19F2NO3. The number of amides is 1. The molecule has 2 atom stereocenters. The van der Waals surface area contributed by atoms with Gasteiger partial charge in [-0.05, 0) is 35.7 Å². The van der Waals surface area contributed by atoms with Crippen molar-refractivity contribution in [3.63, 3.8) is 0 Å². The van der Waals surface area contributed by atoms with Crippen molar-refractivity contribution in [2.24, 2.45) is 0 Å². The van der Waals surface area contributed by atoms with Gasteiger partial charge in [-0.3, -0.25) is 4.79 Å². The Bertz CT molecular complexity index is 781. The van der Waals surface area contributed by atoms with Crippen molar-refractivity contribution in [3.8, 4) is 5.75 Å². The predicted octanol–water partition coefficient (Wildman–Crippen LogP) is 2.85. The number of hydrogen-bond acceptors (Lipinski definition) is 3. The number of carbonyl (C=O) groups excluding carboxylic acids is 1. The van der Waals surface area contributed by atoms with Crippen LogP contribution in [-0.2, 0) is 11.2 Å². The van der Waals surface area contributed by atoms with E-state index in [1.54, 1.807) is 18.1 Å². The number of aliphatic hydroxyl groups excluding tert-OH is 1. The monoisotopic (exact) mass is 347 g/mol. The van der Waals surface area contributed by atoms with E-state index < -0.39 is 17.7 Å². The van der Waals surface area contributed by atoms with Crippen LogP contribution in [0.25, 0.3) is 0 Å². The van der Waals surface area contributed by atoms with Crippen LogP contribution in [0.15, 0.2) is 42.5 Å². The van der Waals surface area contributed by atoms with Gasteiger partial charge in [-0.25, -0.2) is 8.78 Å². The molecule has 2 aromatic rings. The van der Waals surface area contributed by atoms with Gasteiger partial charge in [-0.1, -0.05) is 18.2 Å². The van der Waals surface area contributed by atoms with E-state index >= 15 is 0 Å². The number of methoxy groups -OCH3 is 1. The molecule has 25 heavy (non-hydrogen) atoms. The summed E-state index contributed by atoms with van der Waals surface area (Å²) in [5.41, 5.74) is 0.987. The molecule has 1 N–H and O–H groups in total. The summed E-state index contributed by atoms with van der Waals surface area (Å²) in [4.78, 5) is 14.2. The van der Waals surface area contributed by atoms with Crippen molar-refractivity contribution >= 4 is 5.91 Å². The SMILES string of the molecule is COc1cccc([C@H]2C[C@@H](O)CN2C(=O)Cc2ccc(F)cc2F)c1. The summed E-state index contributed by atoms with van der Waals surface area (Å²) in [6, 6.07) is 10.2. The van der Waals surface area contributed by atoms with Crippen LogP contribution in [0.4, 0.5) is 8.78 Å². The Kier molecular flexibility index (Phi) is 4.99. The van der Waals surface area contributed by atoms with E-state index in [1.165, 1.54) is 6.07 Å². The summed E-state index contributed by atoms with van der Waals surface area (Å²) < 4.78 is 32.0. The first-order valence-electron chi connectivity index (χ1n) is 8.03. The van der Waals surface area contributed by atoms with Crippen LogP contribution in [0.2, 0.25) is 0 Å². The molecule has 3 rings (SSSR count). The second-order valence-corrected chi connectivity index (χ2v) is 6.14. The Morgan fingerprint density at radius 1 is 1.28 bits per heavy atom. The van der Waals surface area contributed by atoms with Gasteiger partial charge in [0.1, 0.15) is 17.4 Å². The molecule has 0 saturated carbocycles. The van der Waals surface area contributed by atoms with Gasteiger partial charge in [-0.2, -0.15) is 0 Å². The molecule has 0 bridgehead atoms. The number of ether oxygens (including phenoxy) is 1. The number of rotatable bonds is 4. The van der Waals surface area contributed by atoms with Crippen molar-refractivity contribution in [2.75, 3.05) is 13.7 Å². The van der Waals surface area contributed by atoms with Crippen LogP contribution in [-0.4, -0.2) is 35.7 Å². The fourth-order valence-electron chi connectivity index (χ4n) is 3.18. The standard InChI is InChI=1S/C19H19F2NO3/c1-25-16-4-2-3-13(7-16)18-10-15(23)11-22(18)19(24)8-12-5-6-14(20)9-17(12)21/h2-7,9,15,18,23H,8,10-11H2,1H3/t15-,18-/m1/s1. The number of β-amino-alcohol motifs (C(OH)–C–C–N with tert-alkyl or cyclic N) is 1. The highest BCUT2D eigenvalue weighted by Gasteiger charge is 2.35. The Hall–Kier alpha value is -2.47. The third-order valence-corrected chi connectivity index (χ3v) is 4.43. The van der Waals surface area contributed by atoms with Crippen molar-refractivity contribution in [1.82, 2.24) is 4.90 Å². The molecule has 6 heteroatoms. The number of likely N-dealkylation sites (tertiary alicyclic amines) is 1. The van der Waals surface area contributed by atoms with Crippen molar-refractivity contribution in [1.29, 1.82) is 0 Å². The highest BCUT2D eigenvalue weighted by molar-refractivity contribution is 5.79. The van der Waals surface area contributed by atoms with Crippen molar-refractivity contribution in [2.45, 2.75) is 25.0 Å². The van der Waals surface area contributed by atoms with E-state index in [9.17, 15) is 18.7 Å². The lowest BCUT2D eigenvalue weighted by Crippen LogP contribution is -2.33. The van der Waals surface area contributed by atoms with Crippen molar-refractivity contribution in [3.05, 3.63) is 65.2 Å². The Morgan fingerprint density at radius 3 is 2.80 bits per heavy atom. The minimum atomic E-state index is -0.744. The first kappa shape index (κ1) is 17.4. The Balaban J connectivity index is 1.82. The quantitative estimate of drug-likeness (QED) is 0.925. The number of aliphatic hydroxyl groups is 1. The summed E-state index contributed by atoms with van der Waals surface area (Å²) in [5, 5.41) is 10.0. The zero-order chi connectivity index (χ0) is 18.0. The fraction of sp³-hybridized carbons (Fsp3) is 0.316. The normalized spacial score (nSPS) is 19.9. The van der Waals surface area contributed by atoms with E-state index in [0.717, 1.165) is 17.7 Å². The van der Waals surface area contributed by atoms with Gasteiger partial charge in [0.05, 0.1) is 25.7 Å². The highest BCUT2D eigenvalue weighted by Crippen LogP contribution is 2.34. The van der Waals surface area contributed by atoms with E-state index in [2.05, 4.69) is 0 Å². The van der Waals surface area contributed by atoms with Crippen LogP contribution < -0.4 is 4.74 Å². The molecule has 1 amide bonds. The van der Waals surface area contributed by atoms with Crippen molar-refractivity contribution < 1.29 is 23.4 Å². The molecule has 0 unspecified atom stereocenters. The van der Waals surface area contributed by atoms with Gasteiger partial charge in [0.2, 0.25) is 5.91 Å². The zero-order valence-corrected chi connectivity index (χ0v) is 13.8. The molecule has 1 saturated heterocycles. The molecule has 0 radical (unpaired) electrons. The summed E-state index contributed by atoms with van der Waals surface area (Å²) in [5.74, 6) is -1.07. The molecule has 1 aliphatic rings. The maximum Gasteiger partial charge on any atom is 0.227 e. The minimum Gasteiger partial charge on any atom is -0.497 e. The fourth-order valence-corrected chi connectivity index (χ4v) is 3.18. The molecular weight excluding hydrogens is 328 g/mol. The van der Waals surface area contributed by atoms with Gasteiger partial charge >= 0.3 is 0 Å². The van der Waals surface area contributed by atoms with Gasteiger partial charge in [0.25, 0.3) is 0 Å². The molecule has 1 fully saturated rings. The maximum absolute atomic E-state index is 13.8. The molecule has 0 aliphatic carbocycles. The Morgan fingerprint density at radius 2 is 2.08 bits per heavy atom. The topological polar surface area (TPSA) is 49.8 Å².